The number of pyridine rings is 1. The molecule has 0 saturated heterocycles. The van der Waals surface area contributed by atoms with E-state index in [1.165, 1.54) is 6.07 Å². The van der Waals surface area contributed by atoms with Crippen molar-refractivity contribution in [1.29, 1.82) is 5.26 Å². The second-order valence-electron chi connectivity index (χ2n) is 9.36. The quantitative estimate of drug-likeness (QED) is 0.279. The fourth-order valence-corrected chi connectivity index (χ4v) is 4.43. The van der Waals surface area contributed by atoms with Crippen molar-refractivity contribution in [1.82, 2.24) is 20.6 Å². The number of nitrogens with zero attached hydrogens (tertiary/aromatic N) is 1. The largest absolute Gasteiger partial charge is 0.496 e. The first-order chi connectivity index (χ1) is 17.8. The van der Waals surface area contributed by atoms with Gasteiger partial charge in [0.2, 0.25) is 11.5 Å². The monoisotopic (exact) mass is 499 g/mol. The van der Waals surface area contributed by atoms with Crippen LogP contribution in [0.5, 0.6) is 5.75 Å². The third-order valence-electron chi connectivity index (χ3n) is 6.15. The van der Waals surface area contributed by atoms with Gasteiger partial charge in [-0.1, -0.05) is 38.1 Å². The summed E-state index contributed by atoms with van der Waals surface area (Å²) in [6, 6.07) is 16.3. The van der Waals surface area contributed by atoms with Crippen molar-refractivity contribution in [3.05, 3.63) is 76.2 Å². The number of benzene rings is 2. The van der Waals surface area contributed by atoms with Crippen LogP contribution in [0.15, 0.2) is 59.4 Å². The third-order valence-corrected chi connectivity index (χ3v) is 6.15. The highest BCUT2D eigenvalue weighted by Crippen LogP contribution is 2.26. The highest BCUT2D eigenvalue weighted by atomic mass is 16.5. The van der Waals surface area contributed by atoms with E-state index in [-0.39, 0.29) is 17.9 Å². The predicted molar refractivity (Wildman–Crippen MR) is 141 cm³/mol. The topological polar surface area (TPSA) is 140 Å². The number of carbonyl (C=O) groups is 2. The lowest BCUT2D eigenvalue weighted by Crippen LogP contribution is -2.50. The number of nitrogens with one attached hydrogen (secondary N) is 4. The maximum absolute atomic E-state index is 13.2. The zero-order valence-electron chi connectivity index (χ0n) is 20.9. The number of aromatic amines is 2. The maximum Gasteiger partial charge on any atom is 0.268 e. The number of methoxy groups -OCH3 is 1. The number of hydrogen-bond acceptors (Lipinski definition) is 5. The lowest BCUT2D eigenvalue weighted by atomic mass is 10.00. The van der Waals surface area contributed by atoms with E-state index < -0.39 is 23.9 Å². The first-order valence-electron chi connectivity index (χ1n) is 12.1. The number of carbonyl (C=O) groups excluding carboxylic acids is 2. The van der Waals surface area contributed by atoms with E-state index >= 15 is 0 Å². The highest BCUT2D eigenvalue weighted by molar-refractivity contribution is 6.01. The smallest absolute Gasteiger partial charge is 0.268 e. The first-order valence-corrected chi connectivity index (χ1v) is 12.1. The molecule has 0 bridgehead atoms. The van der Waals surface area contributed by atoms with E-state index in [0.717, 1.165) is 16.3 Å². The summed E-state index contributed by atoms with van der Waals surface area (Å²) in [5.41, 5.74) is 2.07. The highest BCUT2D eigenvalue weighted by Gasteiger charge is 2.26. The molecule has 0 aliphatic carbocycles. The van der Waals surface area contributed by atoms with Gasteiger partial charge in [0.15, 0.2) is 0 Å². The van der Waals surface area contributed by atoms with Gasteiger partial charge in [-0.05, 0) is 42.2 Å². The van der Waals surface area contributed by atoms with E-state index in [4.69, 9.17) is 4.74 Å². The second-order valence-corrected chi connectivity index (χ2v) is 9.36. The lowest BCUT2D eigenvalue weighted by molar-refractivity contribution is -0.123. The fraction of sp³-hybridized carbons (Fsp3) is 0.286. The van der Waals surface area contributed by atoms with Crippen LogP contribution in [0, 0.1) is 17.2 Å². The third kappa shape index (κ3) is 5.81. The Balaban J connectivity index is 1.52. The predicted octanol–water partition coefficient (Wildman–Crippen LogP) is 3.41. The van der Waals surface area contributed by atoms with Crippen LogP contribution in [-0.4, -0.2) is 41.0 Å². The number of rotatable bonds is 9. The van der Waals surface area contributed by atoms with Gasteiger partial charge in [-0.3, -0.25) is 14.4 Å². The van der Waals surface area contributed by atoms with Gasteiger partial charge < -0.3 is 25.3 Å². The Labute approximate surface area is 213 Å². The minimum atomic E-state index is -0.887. The molecule has 2 aromatic carbocycles. The van der Waals surface area contributed by atoms with Crippen LogP contribution < -0.4 is 20.9 Å². The number of para-hydroxylation sites is 1. The van der Waals surface area contributed by atoms with Gasteiger partial charge >= 0.3 is 0 Å². The normalized spacial score (nSPS) is 12.7. The molecular formula is C28H29N5O4. The van der Waals surface area contributed by atoms with Crippen molar-refractivity contribution in [3.63, 3.8) is 0 Å². The Morgan fingerprint density at radius 1 is 1.00 bits per heavy atom. The van der Waals surface area contributed by atoms with Gasteiger partial charge in [-0.2, -0.15) is 5.26 Å². The van der Waals surface area contributed by atoms with E-state index in [1.807, 2.05) is 44.2 Å². The van der Waals surface area contributed by atoms with Crippen molar-refractivity contribution < 1.29 is 14.3 Å². The van der Waals surface area contributed by atoms with E-state index in [0.29, 0.717) is 28.9 Å². The number of ether oxygens (including phenoxy) is 1. The van der Waals surface area contributed by atoms with E-state index in [9.17, 15) is 19.6 Å². The summed E-state index contributed by atoms with van der Waals surface area (Å²) in [4.78, 5) is 44.2. The zero-order chi connectivity index (χ0) is 26.5. The van der Waals surface area contributed by atoms with Crippen LogP contribution in [0.2, 0.25) is 0 Å². The van der Waals surface area contributed by atoms with Crippen molar-refractivity contribution >= 4 is 33.6 Å². The van der Waals surface area contributed by atoms with Crippen molar-refractivity contribution in [3.8, 4) is 11.8 Å². The Morgan fingerprint density at radius 2 is 1.73 bits per heavy atom. The molecule has 2 atom stereocenters. The zero-order valence-corrected chi connectivity index (χ0v) is 20.9. The summed E-state index contributed by atoms with van der Waals surface area (Å²) in [7, 11) is 1.56. The molecule has 0 aliphatic heterocycles. The van der Waals surface area contributed by atoms with Crippen molar-refractivity contribution in [2.75, 3.05) is 7.11 Å². The summed E-state index contributed by atoms with van der Waals surface area (Å²) in [6.07, 6.45) is 0.532. The van der Waals surface area contributed by atoms with Crippen molar-refractivity contribution in [2.45, 2.75) is 38.8 Å². The van der Waals surface area contributed by atoms with Gasteiger partial charge in [0, 0.05) is 34.3 Å². The molecule has 0 aliphatic rings. The number of H-pyrrole nitrogens is 2. The van der Waals surface area contributed by atoms with Crippen LogP contribution in [0.4, 0.5) is 0 Å². The first kappa shape index (κ1) is 25.5. The molecule has 0 spiro atoms. The Bertz CT molecular complexity index is 1550. The standard InChI is InChI=1S/C28H29N5O4/c1-16(2)11-23(33-28(36)24-14-20-22(31-24)9-6-10-25(20)37-3)27(35)30-18(15-29)12-17-13-26(34)32-21-8-5-4-7-19(17)21/h4-10,13-14,16,18,23,31H,11-12H2,1-3H3,(H,30,35)(H,32,34)(H,33,36). The SMILES string of the molecule is COc1cccc2[nH]c(C(=O)NC(CC(C)C)C(=O)NC(C#N)Cc3cc(=O)[nH]c4ccccc34)cc12. The lowest BCUT2D eigenvalue weighted by Gasteiger charge is -2.22. The van der Waals surface area contributed by atoms with Gasteiger partial charge in [-0.15, -0.1) is 0 Å². The molecule has 4 rings (SSSR count). The molecule has 2 amide bonds. The Morgan fingerprint density at radius 3 is 2.46 bits per heavy atom. The minimum absolute atomic E-state index is 0.107. The Kier molecular flexibility index (Phi) is 7.58. The molecule has 2 aromatic heterocycles. The Hall–Kier alpha value is -4.58. The molecule has 0 saturated carbocycles. The summed E-state index contributed by atoms with van der Waals surface area (Å²) in [5, 5.41) is 16.9. The molecule has 2 unspecified atom stereocenters. The van der Waals surface area contributed by atoms with Crippen LogP contribution in [0.1, 0.15) is 36.3 Å². The van der Waals surface area contributed by atoms with Crippen LogP contribution in [0.3, 0.4) is 0 Å². The number of nitriles is 1. The molecule has 9 nitrogen and oxygen atoms in total. The molecule has 0 fully saturated rings. The number of fused-ring (bicyclic) bond motifs is 2. The van der Waals surface area contributed by atoms with Gasteiger partial charge in [0.25, 0.3) is 5.91 Å². The van der Waals surface area contributed by atoms with Crippen LogP contribution in [0.25, 0.3) is 21.8 Å². The summed E-state index contributed by atoms with van der Waals surface area (Å²) in [6.45, 7) is 3.90. The molecule has 9 heteroatoms. The second kappa shape index (κ2) is 11.0. The van der Waals surface area contributed by atoms with Gasteiger partial charge in [-0.25, -0.2) is 0 Å². The molecule has 190 valence electrons. The van der Waals surface area contributed by atoms with E-state index in [1.54, 1.807) is 25.3 Å². The van der Waals surface area contributed by atoms with Crippen LogP contribution >= 0.6 is 0 Å². The van der Waals surface area contributed by atoms with E-state index in [2.05, 4.69) is 26.7 Å². The average molecular weight is 500 g/mol. The molecule has 2 heterocycles. The molecule has 4 N–H and O–H groups in total. The average Bonchev–Trinajstić information content (AvgIpc) is 3.32. The van der Waals surface area contributed by atoms with Gasteiger partial charge in [0.05, 0.1) is 13.2 Å². The molecule has 0 radical (unpaired) electrons. The van der Waals surface area contributed by atoms with Crippen molar-refractivity contribution in [2.24, 2.45) is 5.92 Å². The minimum Gasteiger partial charge on any atom is -0.496 e. The summed E-state index contributed by atoms with van der Waals surface area (Å²) in [5.74, 6) is -0.158. The number of hydrogen-bond donors (Lipinski definition) is 4. The molecule has 4 aromatic rings. The summed E-state index contributed by atoms with van der Waals surface area (Å²) < 4.78 is 5.36. The van der Waals surface area contributed by atoms with Gasteiger partial charge in [0.1, 0.15) is 23.5 Å². The number of aromatic nitrogens is 2. The molecule has 37 heavy (non-hydrogen) atoms. The maximum atomic E-state index is 13.2. The number of amides is 2. The van der Waals surface area contributed by atoms with Crippen LogP contribution in [-0.2, 0) is 11.2 Å². The fourth-order valence-electron chi connectivity index (χ4n) is 4.43. The summed E-state index contributed by atoms with van der Waals surface area (Å²) >= 11 is 0. The molecular weight excluding hydrogens is 470 g/mol.